The van der Waals surface area contributed by atoms with Crippen LogP contribution in [0.5, 0.6) is 0 Å². The van der Waals surface area contributed by atoms with Gasteiger partial charge in [0.2, 0.25) is 10.0 Å². The van der Waals surface area contributed by atoms with Crippen LogP contribution in [0.25, 0.3) is 0 Å². The molecule has 4 nitrogen and oxygen atoms in total. The molecule has 0 aliphatic carbocycles. The highest BCUT2D eigenvalue weighted by Crippen LogP contribution is 2.21. The summed E-state index contributed by atoms with van der Waals surface area (Å²) in [4.78, 5) is 0.0368. The van der Waals surface area contributed by atoms with Crippen LogP contribution in [0.15, 0.2) is 17.0 Å². The zero-order valence-corrected chi connectivity index (χ0v) is 12.3. The van der Waals surface area contributed by atoms with E-state index in [-0.39, 0.29) is 16.6 Å². The largest absolute Gasteiger partial charge is 0.396 e. The molecule has 1 unspecified atom stereocenters. The molecule has 0 saturated heterocycles. The standard InChI is InChI=1S/C13H21FN2O2S/c1-4-5-6-10(3)16-19(17,18)13-8-12(15)11(14)7-9(13)2/h7-8,10,16H,4-6,15H2,1-3H3. The lowest BCUT2D eigenvalue weighted by atomic mass is 10.2. The van der Waals surface area contributed by atoms with Crippen molar-refractivity contribution < 1.29 is 12.8 Å². The van der Waals surface area contributed by atoms with Crippen LogP contribution in [0, 0.1) is 12.7 Å². The Morgan fingerprint density at radius 2 is 2.05 bits per heavy atom. The van der Waals surface area contributed by atoms with E-state index in [1.807, 2.05) is 13.8 Å². The molecule has 1 rings (SSSR count). The lowest BCUT2D eigenvalue weighted by molar-refractivity contribution is 0.533. The van der Waals surface area contributed by atoms with E-state index < -0.39 is 15.8 Å². The van der Waals surface area contributed by atoms with Crippen LogP contribution in [-0.2, 0) is 10.0 Å². The van der Waals surface area contributed by atoms with E-state index in [1.165, 1.54) is 6.07 Å². The Morgan fingerprint density at radius 3 is 2.63 bits per heavy atom. The van der Waals surface area contributed by atoms with Gasteiger partial charge in [-0.3, -0.25) is 0 Å². The predicted octanol–water partition coefficient (Wildman–Crippen LogP) is 2.57. The summed E-state index contributed by atoms with van der Waals surface area (Å²) in [6, 6.07) is 2.15. The minimum atomic E-state index is -3.66. The smallest absolute Gasteiger partial charge is 0.241 e. The Kier molecular flexibility index (Phi) is 5.31. The molecule has 0 aliphatic rings. The number of hydrogen-bond acceptors (Lipinski definition) is 3. The minimum absolute atomic E-state index is 0.0368. The SMILES string of the molecule is CCCCC(C)NS(=O)(=O)c1cc(N)c(F)cc1C. The maximum absolute atomic E-state index is 13.2. The van der Waals surface area contributed by atoms with Crippen LogP contribution >= 0.6 is 0 Å². The van der Waals surface area contributed by atoms with Gasteiger partial charge in [-0.05, 0) is 38.0 Å². The second kappa shape index (κ2) is 6.34. The molecule has 108 valence electrons. The van der Waals surface area contributed by atoms with Crippen LogP contribution in [0.2, 0.25) is 0 Å². The van der Waals surface area contributed by atoms with Gasteiger partial charge in [0.05, 0.1) is 10.6 Å². The Morgan fingerprint density at radius 1 is 1.42 bits per heavy atom. The summed E-state index contributed by atoms with van der Waals surface area (Å²) in [5.74, 6) is -0.601. The first kappa shape index (κ1) is 15.9. The van der Waals surface area contributed by atoms with Crippen molar-refractivity contribution >= 4 is 15.7 Å². The highest BCUT2D eigenvalue weighted by Gasteiger charge is 2.20. The molecule has 6 heteroatoms. The molecular formula is C13H21FN2O2S. The van der Waals surface area contributed by atoms with Crippen molar-refractivity contribution in [1.29, 1.82) is 0 Å². The van der Waals surface area contributed by atoms with Gasteiger partial charge >= 0.3 is 0 Å². The maximum Gasteiger partial charge on any atom is 0.241 e. The van der Waals surface area contributed by atoms with Crippen LogP contribution in [0.4, 0.5) is 10.1 Å². The first-order chi connectivity index (χ1) is 8.77. The fourth-order valence-electron chi connectivity index (χ4n) is 1.86. The number of benzene rings is 1. The molecule has 0 aliphatic heterocycles. The van der Waals surface area contributed by atoms with E-state index in [0.29, 0.717) is 5.56 Å². The van der Waals surface area contributed by atoms with Gasteiger partial charge < -0.3 is 5.73 Å². The van der Waals surface area contributed by atoms with Crippen molar-refractivity contribution in [2.45, 2.75) is 51.0 Å². The Hall–Kier alpha value is -1.14. The molecule has 0 bridgehead atoms. The topological polar surface area (TPSA) is 72.2 Å². The van der Waals surface area contributed by atoms with Crippen LogP contribution in [0.3, 0.4) is 0 Å². The first-order valence-corrected chi connectivity index (χ1v) is 7.84. The van der Waals surface area contributed by atoms with Gasteiger partial charge in [-0.15, -0.1) is 0 Å². The van der Waals surface area contributed by atoms with E-state index in [0.717, 1.165) is 25.3 Å². The van der Waals surface area contributed by atoms with E-state index >= 15 is 0 Å². The third-order valence-corrected chi connectivity index (χ3v) is 4.66. The fourth-order valence-corrected chi connectivity index (χ4v) is 3.40. The number of nitrogen functional groups attached to an aromatic ring is 1. The summed E-state index contributed by atoms with van der Waals surface area (Å²) in [6.07, 6.45) is 2.73. The molecule has 0 aromatic heterocycles. The summed E-state index contributed by atoms with van der Waals surface area (Å²) in [5.41, 5.74) is 5.62. The number of sulfonamides is 1. The molecular weight excluding hydrogens is 267 g/mol. The Balaban J connectivity index is 2.98. The molecule has 0 saturated carbocycles. The Labute approximate surface area is 114 Å². The van der Waals surface area contributed by atoms with Crippen molar-refractivity contribution in [3.05, 3.63) is 23.5 Å². The van der Waals surface area contributed by atoms with Crippen molar-refractivity contribution in [2.75, 3.05) is 5.73 Å². The van der Waals surface area contributed by atoms with Gasteiger partial charge in [0, 0.05) is 6.04 Å². The zero-order valence-electron chi connectivity index (χ0n) is 11.5. The number of nitrogens with one attached hydrogen (secondary N) is 1. The van der Waals surface area contributed by atoms with Gasteiger partial charge in [0.1, 0.15) is 5.82 Å². The number of rotatable bonds is 6. The summed E-state index contributed by atoms with van der Waals surface area (Å²) < 4.78 is 40.2. The summed E-state index contributed by atoms with van der Waals surface area (Å²) in [6.45, 7) is 5.41. The number of halogens is 1. The fraction of sp³-hybridized carbons (Fsp3) is 0.538. The van der Waals surface area contributed by atoms with Crippen LogP contribution in [-0.4, -0.2) is 14.5 Å². The van der Waals surface area contributed by atoms with Gasteiger partial charge in [-0.1, -0.05) is 19.8 Å². The lowest BCUT2D eigenvalue weighted by Crippen LogP contribution is -2.33. The summed E-state index contributed by atoms with van der Waals surface area (Å²) in [7, 11) is -3.66. The molecule has 0 radical (unpaired) electrons. The third kappa shape index (κ3) is 4.18. The van der Waals surface area contributed by atoms with Crippen molar-refractivity contribution in [1.82, 2.24) is 4.72 Å². The monoisotopic (exact) mass is 288 g/mol. The highest BCUT2D eigenvalue weighted by atomic mass is 32.2. The molecule has 1 aromatic carbocycles. The number of anilines is 1. The summed E-state index contributed by atoms with van der Waals surface area (Å²) in [5, 5.41) is 0. The second-order valence-electron chi connectivity index (χ2n) is 4.80. The molecule has 0 heterocycles. The lowest BCUT2D eigenvalue weighted by Gasteiger charge is -2.15. The molecule has 3 N–H and O–H groups in total. The first-order valence-electron chi connectivity index (χ1n) is 6.36. The average Bonchev–Trinajstić information content (AvgIpc) is 2.30. The van der Waals surface area contributed by atoms with Crippen LogP contribution in [0.1, 0.15) is 38.7 Å². The molecule has 0 fully saturated rings. The normalized spacial score (nSPS) is 13.5. The van der Waals surface area contributed by atoms with Gasteiger partial charge in [-0.2, -0.15) is 0 Å². The van der Waals surface area contributed by atoms with E-state index in [1.54, 1.807) is 6.92 Å². The quantitative estimate of drug-likeness (QED) is 0.790. The van der Waals surface area contributed by atoms with E-state index in [2.05, 4.69) is 4.72 Å². The molecule has 19 heavy (non-hydrogen) atoms. The second-order valence-corrected chi connectivity index (χ2v) is 6.49. The van der Waals surface area contributed by atoms with Crippen molar-refractivity contribution in [2.24, 2.45) is 0 Å². The molecule has 1 aromatic rings. The van der Waals surface area contributed by atoms with Crippen LogP contribution < -0.4 is 10.5 Å². The zero-order chi connectivity index (χ0) is 14.6. The van der Waals surface area contributed by atoms with E-state index in [4.69, 9.17) is 5.73 Å². The summed E-state index contributed by atoms with van der Waals surface area (Å²) >= 11 is 0. The van der Waals surface area contributed by atoms with Gasteiger partial charge in [0.25, 0.3) is 0 Å². The third-order valence-electron chi connectivity index (χ3n) is 2.93. The predicted molar refractivity (Wildman–Crippen MR) is 74.9 cm³/mol. The molecule has 0 amide bonds. The highest BCUT2D eigenvalue weighted by molar-refractivity contribution is 7.89. The van der Waals surface area contributed by atoms with E-state index in [9.17, 15) is 12.8 Å². The number of unbranched alkanes of at least 4 members (excludes halogenated alkanes) is 1. The molecule has 0 spiro atoms. The number of nitrogens with two attached hydrogens (primary N) is 1. The molecule has 1 atom stereocenters. The van der Waals surface area contributed by atoms with Crippen molar-refractivity contribution in [3.8, 4) is 0 Å². The maximum atomic E-state index is 13.2. The number of aryl methyl sites for hydroxylation is 1. The minimum Gasteiger partial charge on any atom is -0.396 e. The van der Waals surface area contributed by atoms with Crippen molar-refractivity contribution in [3.63, 3.8) is 0 Å². The Bertz CT molecular complexity index is 544. The van der Waals surface area contributed by atoms with Gasteiger partial charge in [-0.25, -0.2) is 17.5 Å². The van der Waals surface area contributed by atoms with Gasteiger partial charge in [0.15, 0.2) is 0 Å². The average molecular weight is 288 g/mol. The number of hydrogen-bond donors (Lipinski definition) is 2.